The van der Waals surface area contributed by atoms with Crippen molar-refractivity contribution in [3.63, 3.8) is 0 Å². The molecular formula is C15H21N3S. The van der Waals surface area contributed by atoms with Gasteiger partial charge in [-0.15, -0.1) is 0 Å². The lowest BCUT2D eigenvalue weighted by Gasteiger charge is -2.16. The minimum absolute atomic E-state index is 0.327. The molecule has 4 heteroatoms. The van der Waals surface area contributed by atoms with Crippen molar-refractivity contribution in [1.29, 1.82) is 0 Å². The van der Waals surface area contributed by atoms with Crippen molar-refractivity contribution in [3.8, 4) is 0 Å². The van der Waals surface area contributed by atoms with E-state index in [9.17, 15) is 0 Å². The van der Waals surface area contributed by atoms with Gasteiger partial charge in [0.25, 0.3) is 0 Å². The average molecular weight is 275 g/mol. The van der Waals surface area contributed by atoms with Crippen LogP contribution in [0.15, 0.2) is 30.3 Å². The van der Waals surface area contributed by atoms with E-state index >= 15 is 0 Å². The molecule has 0 saturated heterocycles. The van der Waals surface area contributed by atoms with Crippen LogP contribution in [0.3, 0.4) is 0 Å². The zero-order valence-electron chi connectivity index (χ0n) is 11.6. The second-order valence-corrected chi connectivity index (χ2v) is 5.42. The number of nitrogens with zero attached hydrogens (tertiary/aromatic N) is 2. The summed E-state index contributed by atoms with van der Waals surface area (Å²) in [5.41, 5.74) is 1.32. The highest BCUT2D eigenvalue weighted by Gasteiger charge is 2.13. The van der Waals surface area contributed by atoms with Gasteiger partial charge in [0.1, 0.15) is 10.8 Å². The van der Waals surface area contributed by atoms with Crippen LogP contribution in [0.1, 0.15) is 42.7 Å². The third kappa shape index (κ3) is 4.11. The van der Waals surface area contributed by atoms with Gasteiger partial charge in [0.05, 0.1) is 0 Å². The van der Waals surface area contributed by atoms with Gasteiger partial charge in [-0.1, -0.05) is 44.2 Å². The minimum Gasteiger partial charge on any atom is -0.310 e. The van der Waals surface area contributed by atoms with Crippen molar-refractivity contribution in [2.75, 3.05) is 6.54 Å². The lowest BCUT2D eigenvalue weighted by atomic mass is 10.0. The highest BCUT2D eigenvalue weighted by Crippen LogP contribution is 2.19. The fraction of sp³-hybridized carbons (Fsp3) is 0.467. The standard InChI is InChI=1S/C15H21N3S/c1-3-8-14-17-15(19-18-14)11-13(16-4-2)12-9-6-5-7-10-12/h5-7,9-10,13,16H,3-4,8,11H2,1-2H3. The summed E-state index contributed by atoms with van der Waals surface area (Å²) in [4.78, 5) is 4.61. The normalized spacial score (nSPS) is 12.5. The molecule has 2 aromatic rings. The number of likely N-dealkylation sites (N-methyl/N-ethyl adjacent to an activating group) is 1. The Balaban J connectivity index is 2.07. The quantitative estimate of drug-likeness (QED) is 0.841. The Morgan fingerprint density at radius 3 is 2.68 bits per heavy atom. The van der Waals surface area contributed by atoms with Gasteiger partial charge in [-0.3, -0.25) is 0 Å². The van der Waals surface area contributed by atoms with Crippen LogP contribution >= 0.6 is 11.5 Å². The van der Waals surface area contributed by atoms with Crippen molar-refractivity contribution < 1.29 is 0 Å². The number of hydrogen-bond acceptors (Lipinski definition) is 4. The number of aromatic nitrogens is 2. The fourth-order valence-corrected chi connectivity index (χ4v) is 2.84. The zero-order chi connectivity index (χ0) is 13.5. The molecule has 0 saturated carbocycles. The molecule has 0 spiro atoms. The summed E-state index contributed by atoms with van der Waals surface area (Å²) in [6.45, 7) is 5.25. The number of aryl methyl sites for hydroxylation is 1. The van der Waals surface area contributed by atoms with Gasteiger partial charge in [0.2, 0.25) is 0 Å². The third-order valence-electron chi connectivity index (χ3n) is 3.01. The monoisotopic (exact) mass is 275 g/mol. The zero-order valence-corrected chi connectivity index (χ0v) is 12.4. The predicted octanol–water partition coefficient (Wildman–Crippen LogP) is 3.38. The van der Waals surface area contributed by atoms with Crippen LogP contribution < -0.4 is 5.32 Å². The SMILES string of the molecule is CCCc1nsc(CC(NCC)c2ccccc2)n1. The first-order valence-corrected chi connectivity index (χ1v) is 7.70. The van der Waals surface area contributed by atoms with E-state index in [0.29, 0.717) is 6.04 Å². The largest absolute Gasteiger partial charge is 0.310 e. The Bertz CT molecular complexity index is 481. The molecule has 0 radical (unpaired) electrons. The highest BCUT2D eigenvalue weighted by atomic mass is 32.1. The van der Waals surface area contributed by atoms with E-state index in [-0.39, 0.29) is 0 Å². The molecule has 0 fully saturated rings. The smallest absolute Gasteiger partial charge is 0.142 e. The van der Waals surface area contributed by atoms with Crippen LogP contribution in [0, 0.1) is 0 Å². The number of hydrogen-bond donors (Lipinski definition) is 1. The maximum absolute atomic E-state index is 4.61. The Labute approximate surface area is 119 Å². The molecule has 2 rings (SSSR count). The van der Waals surface area contributed by atoms with E-state index in [1.165, 1.54) is 17.1 Å². The summed E-state index contributed by atoms with van der Waals surface area (Å²) < 4.78 is 4.42. The maximum Gasteiger partial charge on any atom is 0.142 e. The molecule has 1 aromatic heterocycles. The molecule has 0 aliphatic carbocycles. The predicted molar refractivity (Wildman–Crippen MR) is 80.5 cm³/mol. The van der Waals surface area contributed by atoms with Gasteiger partial charge in [-0.25, -0.2) is 4.98 Å². The topological polar surface area (TPSA) is 37.8 Å². The summed E-state index contributed by atoms with van der Waals surface area (Å²) in [6.07, 6.45) is 3.00. The van der Waals surface area contributed by atoms with Crippen LogP contribution in [0.5, 0.6) is 0 Å². The number of rotatable bonds is 7. The van der Waals surface area contributed by atoms with Crippen LogP contribution in [-0.2, 0) is 12.8 Å². The Morgan fingerprint density at radius 1 is 1.21 bits per heavy atom. The molecule has 1 aromatic carbocycles. The molecule has 1 heterocycles. The molecule has 1 N–H and O–H groups in total. The van der Waals surface area contributed by atoms with E-state index in [1.807, 2.05) is 0 Å². The summed E-state index contributed by atoms with van der Waals surface area (Å²) in [6, 6.07) is 10.9. The molecule has 19 heavy (non-hydrogen) atoms. The van der Waals surface area contributed by atoms with Gasteiger partial charge in [0.15, 0.2) is 0 Å². The minimum atomic E-state index is 0.327. The van der Waals surface area contributed by atoms with E-state index < -0.39 is 0 Å². The molecule has 3 nitrogen and oxygen atoms in total. The van der Waals surface area contributed by atoms with Gasteiger partial charge in [-0.05, 0) is 30.1 Å². The summed E-state index contributed by atoms with van der Waals surface area (Å²) in [5, 5.41) is 4.65. The fourth-order valence-electron chi connectivity index (χ4n) is 2.11. The summed E-state index contributed by atoms with van der Waals surface area (Å²) in [5.74, 6) is 0.991. The first-order valence-electron chi connectivity index (χ1n) is 6.93. The van der Waals surface area contributed by atoms with Crippen molar-refractivity contribution in [2.45, 2.75) is 39.2 Å². The molecule has 1 unspecified atom stereocenters. The Kier molecular flexibility index (Phi) is 5.48. The Morgan fingerprint density at radius 2 is 2.00 bits per heavy atom. The lowest BCUT2D eigenvalue weighted by Crippen LogP contribution is -2.22. The van der Waals surface area contributed by atoms with E-state index in [1.54, 1.807) is 0 Å². The first kappa shape index (κ1) is 14.2. The second kappa shape index (κ2) is 7.36. The molecule has 0 aliphatic heterocycles. The lowest BCUT2D eigenvalue weighted by molar-refractivity contribution is 0.548. The van der Waals surface area contributed by atoms with Gasteiger partial charge < -0.3 is 5.32 Å². The molecule has 0 bridgehead atoms. The molecule has 102 valence electrons. The van der Waals surface area contributed by atoms with Crippen molar-refractivity contribution >= 4 is 11.5 Å². The summed E-state index contributed by atoms with van der Waals surface area (Å²) >= 11 is 1.54. The number of nitrogens with one attached hydrogen (secondary N) is 1. The highest BCUT2D eigenvalue weighted by molar-refractivity contribution is 7.05. The number of benzene rings is 1. The van der Waals surface area contributed by atoms with Crippen molar-refractivity contribution in [1.82, 2.24) is 14.7 Å². The van der Waals surface area contributed by atoms with Gasteiger partial charge in [0, 0.05) is 18.9 Å². The van der Waals surface area contributed by atoms with Crippen molar-refractivity contribution in [3.05, 3.63) is 46.7 Å². The average Bonchev–Trinajstić information content (AvgIpc) is 2.87. The molecule has 1 atom stereocenters. The maximum atomic E-state index is 4.61. The van der Waals surface area contributed by atoms with Crippen LogP contribution in [0.4, 0.5) is 0 Å². The summed E-state index contributed by atoms with van der Waals surface area (Å²) in [7, 11) is 0. The Hall–Kier alpha value is -1.26. The van der Waals surface area contributed by atoms with Crippen LogP contribution in [0.25, 0.3) is 0 Å². The van der Waals surface area contributed by atoms with E-state index in [4.69, 9.17) is 0 Å². The van der Waals surface area contributed by atoms with Crippen LogP contribution in [0.2, 0.25) is 0 Å². The van der Waals surface area contributed by atoms with E-state index in [2.05, 4.69) is 58.9 Å². The van der Waals surface area contributed by atoms with Gasteiger partial charge in [-0.2, -0.15) is 4.37 Å². The van der Waals surface area contributed by atoms with Gasteiger partial charge >= 0.3 is 0 Å². The molecule has 0 aliphatic rings. The molecule has 0 amide bonds. The van der Waals surface area contributed by atoms with Crippen molar-refractivity contribution in [2.24, 2.45) is 0 Å². The second-order valence-electron chi connectivity index (χ2n) is 4.58. The first-order chi connectivity index (χ1) is 9.33. The van der Waals surface area contributed by atoms with E-state index in [0.717, 1.165) is 36.6 Å². The van der Waals surface area contributed by atoms with Crippen LogP contribution in [-0.4, -0.2) is 15.9 Å². The molecular weight excluding hydrogens is 254 g/mol. The third-order valence-corrected chi connectivity index (χ3v) is 3.79.